The van der Waals surface area contributed by atoms with Crippen molar-refractivity contribution >= 4 is 23.4 Å². The average Bonchev–Trinajstić information content (AvgIpc) is 3.22. The zero-order valence-corrected chi connectivity index (χ0v) is 16.8. The third-order valence-electron chi connectivity index (χ3n) is 4.23. The Morgan fingerprint density at radius 1 is 1.11 bits per heavy atom. The van der Waals surface area contributed by atoms with E-state index in [1.807, 2.05) is 26.0 Å². The zero-order chi connectivity index (χ0) is 20.4. The van der Waals surface area contributed by atoms with Crippen molar-refractivity contribution in [2.24, 2.45) is 0 Å². The van der Waals surface area contributed by atoms with Gasteiger partial charge in [0.25, 0.3) is 11.8 Å². The highest BCUT2D eigenvalue weighted by Crippen LogP contribution is 2.24. The van der Waals surface area contributed by atoms with Crippen LogP contribution in [0.1, 0.15) is 57.7 Å². The summed E-state index contributed by atoms with van der Waals surface area (Å²) in [6.45, 7) is 7.37. The molecule has 2 N–H and O–H groups in total. The summed E-state index contributed by atoms with van der Waals surface area (Å²) >= 11 is 6.08. The minimum atomic E-state index is -0.455. The molecule has 0 saturated carbocycles. The molecule has 1 aromatic carbocycles. The lowest BCUT2D eigenvalue weighted by Gasteiger charge is -2.13. The normalized spacial score (nSPS) is 10.9. The third kappa shape index (κ3) is 3.94. The number of aromatic nitrogens is 2. The Kier molecular flexibility index (Phi) is 5.56. The quantitative estimate of drug-likeness (QED) is 0.649. The highest BCUT2D eigenvalue weighted by Gasteiger charge is 2.22. The first-order chi connectivity index (χ1) is 13.3. The average molecular weight is 401 g/mol. The van der Waals surface area contributed by atoms with Crippen molar-refractivity contribution in [1.82, 2.24) is 20.6 Å². The predicted molar refractivity (Wildman–Crippen MR) is 106 cm³/mol. The largest absolute Gasteiger partial charge is 0.466 e. The smallest absolute Gasteiger partial charge is 0.273 e. The van der Waals surface area contributed by atoms with Crippen LogP contribution in [0.3, 0.4) is 0 Å². The summed E-state index contributed by atoms with van der Waals surface area (Å²) in [6, 6.07) is 8.84. The van der Waals surface area contributed by atoms with Crippen LogP contribution >= 0.6 is 11.6 Å². The monoisotopic (exact) mass is 400 g/mol. The number of halogens is 1. The number of aryl methyl sites for hydroxylation is 2. The Hall–Kier alpha value is -3.06. The number of carbonyl (C=O) groups is 2. The topological polar surface area (TPSA) is 89.2 Å². The number of nitrogens with one attached hydrogen (secondary N) is 2. The summed E-state index contributed by atoms with van der Waals surface area (Å²) < 4.78 is 7.02. The first kappa shape index (κ1) is 19.7. The van der Waals surface area contributed by atoms with Gasteiger partial charge < -0.3 is 4.42 Å². The van der Waals surface area contributed by atoms with E-state index < -0.39 is 11.8 Å². The Morgan fingerprint density at radius 3 is 2.36 bits per heavy atom. The molecular formula is C20H21ClN4O3. The number of hydrogen-bond acceptors (Lipinski definition) is 4. The minimum Gasteiger partial charge on any atom is -0.466 e. The van der Waals surface area contributed by atoms with Crippen LogP contribution in [0.15, 0.2) is 40.9 Å². The van der Waals surface area contributed by atoms with Crippen LogP contribution in [-0.4, -0.2) is 21.6 Å². The molecule has 146 valence electrons. The summed E-state index contributed by atoms with van der Waals surface area (Å²) in [7, 11) is 0. The van der Waals surface area contributed by atoms with Gasteiger partial charge in [-0.1, -0.05) is 31.5 Å². The molecular weight excluding hydrogens is 380 g/mol. The van der Waals surface area contributed by atoms with E-state index in [0.29, 0.717) is 33.4 Å². The molecule has 3 aromatic rings. The maximum absolute atomic E-state index is 12.7. The molecule has 0 aliphatic rings. The number of benzene rings is 1. The highest BCUT2D eigenvalue weighted by molar-refractivity contribution is 6.30. The van der Waals surface area contributed by atoms with Crippen LogP contribution in [0, 0.1) is 13.8 Å². The van der Waals surface area contributed by atoms with Gasteiger partial charge in [0.1, 0.15) is 11.5 Å². The van der Waals surface area contributed by atoms with Crippen LogP contribution in [0.25, 0.3) is 5.69 Å². The number of furan rings is 1. The molecule has 7 nitrogen and oxygen atoms in total. The summed E-state index contributed by atoms with van der Waals surface area (Å²) in [5.41, 5.74) is 7.07. The SMILES string of the molecule is Cc1cc(C(=O)NNC(=O)c2cnn(-c3cccc(Cl)c3)c2C(C)C)c(C)o1. The van der Waals surface area contributed by atoms with Gasteiger partial charge in [-0.15, -0.1) is 0 Å². The molecule has 0 aliphatic heterocycles. The number of nitrogens with zero attached hydrogens (tertiary/aromatic N) is 2. The van der Waals surface area contributed by atoms with Gasteiger partial charge >= 0.3 is 0 Å². The Labute approximate surface area is 167 Å². The van der Waals surface area contributed by atoms with E-state index >= 15 is 0 Å². The number of amides is 2. The molecule has 0 unspecified atom stereocenters. The molecule has 2 aromatic heterocycles. The van der Waals surface area contributed by atoms with Crippen molar-refractivity contribution in [2.75, 3.05) is 0 Å². The van der Waals surface area contributed by atoms with E-state index in [1.165, 1.54) is 6.20 Å². The molecule has 2 amide bonds. The molecule has 0 radical (unpaired) electrons. The molecule has 0 atom stereocenters. The van der Waals surface area contributed by atoms with Crippen molar-refractivity contribution < 1.29 is 14.0 Å². The zero-order valence-electron chi connectivity index (χ0n) is 16.0. The molecule has 0 saturated heterocycles. The lowest BCUT2D eigenvalue weighted by Crippen LogP contribution is -2.42. The minimum absolute atomic E-state index is 0.0108. The van der Waals surface area contributed by atoms with E-state index in [-0.39, 0.29) is 5.92 Å². The number of hydrazine groups is 1. The highest BCUT2D eigenvalue weighted by atomic mass is 35.5. The standard InChI is InChI=1S/C20H21ClN4O3/c1-11(2)18-17(10-22-25(18)15-7-5-6-14(21)9-15)20(27)24-23-19(26)16-8-12(3)28-13(16)4/h5-11H,1-4H3,(H,23,26)(H,24,27). The van der Waals surface area contributed by atoms with Gasteiger partial charge in [-0.3, -0.25) is 20.4 Å². The van der Waals surface area contributed by atoms with Crippen molar-refractivity contribution in [2.45, 2.75) is 33.6 Å². The molecule has 0 aliphatic carbocycles. The van der Waals surface area contributed by atoms with E-state index in [2.05, 4.69) is 16.0 Å². The second kappa shape index (κ2) is 7.90. The molecule has 0 spiro atoms. The van der Waals surface area contributed by atoms with Crippen LogP contribution in [0.5, 0.6) is 0 Å². The van der Waals surface area contributed by atoms with Gasteiger partial charge in [-0.2, -0.15) is 5.10 Å². The fourth-order valence-corrected chi connectivity index (χ4v) is 3.19. The van der Waals surface area contributed by atoms with Crippen LogP contribution < -0.4 is 10.9 Å². The maximum Gasteiger partial charge on any atom is 0.273 e. The van der Waals surface area contributed by atoms with Crippen LogP contribution in [0.2, 0.25) is 5.02 Å². The summed E-state index contributed by atoms with van der Waals surface area (Å²) in [5, 5.41) is 4.92. The summed E-state index contributed by atoms with van der Waals surface area (Å²) in [5.74, 6) is 0.218. The van der Waals surface area contributed by atoms with Gasteiger partial charge in [-0.25, -0.2) is 4.68 Å². The van der Waals surface area contributed by atoms with Crippen molar-refractivity contribution in [3.8, 4) is 5.69 Å². The number of rotatable bonds is 4. The predicted octanol–water partition coefficient (Wildman–Crippen LogP) is 3.93. The van der Waals surface area contributed by atoms with E-state index in [9.17, 15) is 9.59 Å². The summed E-state index contributed by atoms with van der Waals surface area (Å²) in [6.07, 6.45) is 1.48. The van der Waals surface area contributed by atoms with E-state index in [0.717, 1.165) is 5.69 Å². The molecule has 0 bridgehead atoms. The first-order valence-electron chi connectivity index (χ1n) is 8.79. The fourth-order valence-electron chi connectivity index (χ4n) is 3.01. The van der Waals surface area contributed by atoms with Crippen molar-refractivity contribution in [3.63, 3.8) is 0 Å². The van der Waals surface area contributed by atoms with E-state index in [4.69, 9.17) is 16.0 Å². The molecule has 8 heteroatoms. The van der Waals surface area contributed by atoms with Crippen LogP contribution in [-0.2, 0) is 0 Å². The molecule has 0 fully saturated rings. The number of hydrogen-bond donors (Lipinski definition) is 2. The van der Waals surface area contributed by atoms with Crippen LogP contribution in [0.4, 0.5) is 0 Å². The van der Waals surface area contributed by atoms with Crippen molar-refractivity contribution in [1.29, 1.82) is 0 Å². The summed E-state index contributed by atoms with van der Waals surface area (Å²) in [4.78, 5) is 25.0. The molecule has 2 heterocycles. The van der Waals surface area contributed by atoms with Gasteiger partial charge in [-0.05, 0) is 44.0 Å². The fraction of sp³-hybridized carbons (Fsp3) is 0.250. The van der Waals surface area contributed by atoms with Gasteiger partial charge in [0.15, 0.2) is 0 Å². The first-order valence-corrected chi connectivity index (χ1v) is 9.17. The lowest BCUT2D eigenvalue weighted by atomic mass is 10.1. The van der Waals surface area contributed by atoms with Gasteiger partial charge in [0, 0.05) is 5.02 Å². The molecule has 3 rings (SSSR count). The van der Waals surface area contributed by atoms with Gasteiger partial charge in [0.05, 0.1) is 28.7 Å². The maximum atomic E-state index is 12.7. The van der Waals surface area contributed by atoms with E-state index in [1.54, 1.807) is 36.7 Å². The van der Waals surface area contributed by atoms with Crippen molar-refractivity contribution in [3.05, 3.63) is 69.9 Å². The number of carbonyl (C=O) groups excluding carboxylic acids is 2. The second-order valence-corrected chi connectivity index (χ2v) is 7.16. The van der Waals surface area contributed by atoms with Gasteiger partial charge in [0.2, 0.25) is 0 Å². The Balaban J connectivity index is 1.82. The third-order valence-corrected chi connectivity index (χ3v) is 4.46. The lowest BCUT2D eigenvalue weighted by molar-refractivity contribution is 0.0845. The Bertz CT molecular complexity index is 1040. The second-order valence-electron chi connectivity index (χ2n) is 6.73. The molecule has 28 heavy (non-hydrogen) atoms. The Morgan fingerprint density at radius 2 is 1.79 bits per heavy atom.